The second kappa shape index (κ2) is 40.4. The third kappa shape index (κ3) is 27.6. The molecule has 0 aliphatic heterocycles. The van der Waals surface area contributed by atoms with Crippen molar-refractivity contribution in [3.8, 4) is 12.0 Å². The SMILES string of the molecule is COc1nc(Nc2ccc(/C=C/c3ccc(Nc4nc(OC)nc(N(CCO)CCO)n4)cc3S(=O)(=O)O)c(S(=O)(=O)O)c2)nc(N(CCO)CCO)n1.OCCNCCO.OCCOCCN(CCOCCO)CCOCCO. The van der Waals surface area contributed by atoms with Crippen molar-refractivity contribution in [3.05, 3.63) is 47.5 Å². The van der Waals surface area contributed by atoms with Crippen molar-refractivity contribution in [2.45, 2.75) is 9.79 Å². The summed E-state index contributed by atoms with van der Waals surface area (Å²) in [7, 11) is -7.14. The fraction of sp³-hybridized carbons (Fsp3) is 0.565. The van der Waals surface area contributed by atoms with Crippen molar-refractivity contribution in [1.82, 2.24) is 40.1 Å². The highest BCUT2D eigenvalue weighted by molar-refractivity contribution is 7.86. The minimum absolute atomic E-state index is 0.0270. The molecule has 14 N–H and O–H groups in total. The number of ether oxygens (including phenoxy) is 5. The first-order valence-electron chi connectivity index (χ1n) is 24.7. The quantitative estimate of drug-likeness (QED) is 0.0118. The number of anilines is 6. The first-order valence-corrected chi connectivity index (χ1v) is 27.6. The highest BCUT2D eigenvalue weighted by Gasteiger charge is 2.21. The Bertz CT molecular complexity index is 2410. The second-order valence-electron chi connectivity index (χ2n) is 15.8. The van der Waals surface area contributed by atoms with E-state index < -0.39 is 30.0 Å². The molecule has 0 radical (unpaired) electrons. The van der Waals surface area contributed by atoms with Crippen molar-refractivity contribution < 1.29 is 95.6 Å². The predicted octanol–water partition coefficient (Wildman–Crippen LogP) is -3.32. The van der Waals surface area contributed by atoms with Crippen molar-refractivity contribution in [2.24, 2.45) is 0 Å². The Morgan fingerprint density at radius 2 is 0.812 bits per heavy atom. The van der Waals surface area contributed by atoms with Gasteiger partial charge in [0, 0.05) is 70.3 Å². The van der Waals surface area contributed by atoms with Gasteiger partial charge < -0.3 is 95.4 Å². The lowest BCUT2D eigenvalue weighted by molar-refractivity contribution is 0.0325. The van der Waals surface area contributed by atoms with Gasteiger partial charge in [-0.1, -0.05) is 24.3 Å². The zero-order valence-corrected chi connectivity index (χ0v) is 46.2. The van der Waals surface area contributed by atoms with Crippen LogP contribution >= 0.6 is 0 Å². The Hall–Kier alpha value is -5.74. The lowest BCUT2D eigenvalue weighted by Gasteiger charge is -2.22. The molecule has 0 bridgehead atoms. The van der Waals surface area contributed by atoms with Gasteiger partial charge in [-0.25, -0.2) is 0 Å². The molecule has 2 aromatic heterocycles. The summed E-state index contributed by atoms with van der Waals surface area (Å²) in [4.78, 5) is 28.8. The van der Waals surface area contributed by atoms with E-state index in [1.165, 1.54) is 60.4 Å². The van der Waals surface area contributed by atoms with Gasteiger partial charge in [-0.2, -0.15) is 46.7 Å². The number of nitrogens with zero attached hydrogens (tertiary/aromatic N) is 9. The van der Waals surface area contributed by atoms with E-state index in [0.29, 0.717) is 52.7 Å². The number of benzene rings is 2. The van der Waals surface area contributed by atoms with E-state index in [2.05, 4.69) is 50.8 Å². The number of nitrogens with one attached hydrogen (secondary N) is 3. The van der Waals surface area contributed by atoms with E-state index in [0.717, 1.165) is 31.8 Å². The molecule has 32 nitrogen and oxygen atoms in total. The van der Waals surface area contributed by atoms with Gasteiger partial charge in [0.2, 0.25) is 23.8 Å². The van der Waals surface area contributed by atoms with Crippen LogP contribution in [0.1, 0.15) is 11.1 Å². The van der Waals surface area contributed by atoms with E-state index >= 15 is 0 Å². The topological polar surface area (TPSA) is 460 Å². The van der Waals surface area contributed by atoms with Crippen LogP contribution in [0.2, 0.25) is 0 Å². The molecule has 0 saturated carbocycles. The fourth-order valence-electron chi connectivity index (χ4n) is 6.46. The zero-order chi connectivity index (χ0) is 59.2. The predicted molar refractivity (Wildman–Crippen MR) is 291 cm³/mol. The molecule has 0 fully saturated rings. The third-order valence-electron chi connectivity index (χ3n) is 10.1. The summed E-state index contributed by atoms with van der Waals surface area (Å²) in [5, 5.41) is 88.1. The summed E-state index contributed by atoms with van der Waals surface area (Å²) in [6, 6.07) is 7.32. The van der Waals surface area contributed by atoms with E-state index in [1.807, 2.05) is 0 Å². The maximum absolute atomic E-state index is 12.5. The number of aliphatic hydroxyl groups is 9. The van der Waals surface area contributed by atoms with Gasteiger partial charge in [0.05, 0.1) is 113 Å². The highest BCUT2D eigenvalue weighted by Crippen LogP contribution is 2.29. The molecule has 2 aromatic carbocycles. The smallest absolute Gasteiger partial charge is 0.322 e. The van der Waals surface area contributed by atoms with Gasteiger partial charge in [-0.05, 0) is 35.4 Å². The van der Waals surface area contributed by atoms with E-state index in [4.69, 9.17) is 49.2 Å². The monoisotopic (exact) mass is 1180 g/mol. The molecule has 0 spiro atoms. The van der Waals surface area contributed by atoms with Crippen LogP contribution in [0.15, 0.2) is 46.2 Å². The number of aliphatic hydroxyl groups excluding tert-OH is 9. The van der Waals surface area contributed by atoms with Crippen LogP contribution in [0.5, 0.6) is 12.0 Å². The van der Waals surface area contributed by atoms with E-state index in [9.17, 15) is 46.4 Å². The summed E-state index contributed by atoms with van der Waals surface area (Å²) in [5.41, 5.74) is 0.0472. The van der Waals surface area contributed by atoms with Crippen molar-refractivity contribution in [1.29, 1.82) is 0 Å². The Kier molecular flexibility index (Phi) is 35.6. The van der Waals surface area contributed by atoms with Crippen LogP contribution in [-0.4, -0.2) is 279 Å². The largest absolute Gasteiger partial charge is 0.467 e. The number of rotatable bonds is 39. The number of methoxy groups -OCH3 is 2. The summed E-state index contributed by atoms with van der Waals surface area (Å²) >= 11 is 0. The molecule has 0 aliphatic carbocycles. The van der Waals surface area contributed by atoms with Crippen LogP contribution in [0, 0.1) is 0 Å². The molecule has 0 amide bonds. The molecule has 80 heavy (non-hydrogen) atoms. The van der Waals surface area contributed by atoms with Crippen molar-refractivity contribution in [2.75, 3.05) is 193 Å². The minimum Gasteiger partial charge on any atom is -0.467 e. The minimum atomic E-state index is -4.88. The third-order valence-corrected chi connectivity index (χ3v) is 11.9. The van der Waals surface area contributed by atoms with Gasteiger partial charge in [0.25, 0.3) is 20.2 Å². The van der Waals surface area contributed by atoms with Crippen LogP contribution in [0.25, 0.3) is 12.2 Å². The van der Waals surface area contributed by atoms with Gasteiger partial charge >= 0.3 is 12.0 Å². The standard InChI is InChI=1S/C30H38N10O12S2.C12H27NO6.C4H11NO2/c1-51-29-35-25(33-27(37-29)39(9-13-41)10-14-42)31-21-7-5-19(23(17-21)53(45,46)47)3-4-20-6-8-22(18-24(20)54(48,49)50)32-26-34-28(38-30(36-26)52-2)40(11-15-43)12-16-44;14-4-10-17-7-1-13(2-8-18-11-5-15)3-9-19-12-6-16;6-3-1-5-2-4-7/h3-8,17-18,41-44H,9-16H2,1-2H3,(H,45,46,47)(H,48,49,50)(H,31,33,35,37)(H,32,34,36,38);14-16H,1-12H2;5-7H,1-4H2/b4-3+;;. The Balaban J connectivity index is 0.000000694. The van der Waals surface area contributed by atoms with Crippen LogP contribution < -0.4 is 35.2 Å². The van der Waals surface area contributed by atoms with Gasteiger partial charge in [0.15, 0.2) is 0 Å². The van der Waals surface area contributed by atoms with Crippen molar-refractivity contribution >= 4 is 67.6 Å². The molecule has 34 heteroatoms. The molecule has 4 rings (SSSR count). The summed E-state index contributed by atoms with van der Waals surface area (Å²) < 4.78 is 95.9. The first-order chi connectivity index (χ1) is 38.5. The average molecular weight is 1180 g/mol. The fourth-order valence-corrected chi connectivity index (χ4v) is 7.88. The average Bonchev–Trinajstić information content (AvgIpc) is 3.46. The molecule has 0 atom stereocenters. The lowest BCUT2D eigenvalue weighted by Crippen LogP contribution is -2.34. The number of aromatic nitrogens is 6. The maximum atomic E-state index is 12.5. The Morgan fingerprint density at radius 1 is 0.463 bits per heavy atom. The Morgan fingerprint density at radius 3 is 1.10 bits per heavy atom. The van der Waals surface area contributed by atoms with E-state index in [1.54, 1.807) is 0 Å². The molecule has 0 unspecified atom stereocenters. The molecular formula is C46H76N12O20S2. The zero-order valence-electron chi connectivity index (χ0n) is 44.5. The summed E-state index contributed by atoms with van der Waals surface area (Å²) in [5.74, 6) is -0.127. The first kappa shape index (κ1) is 70.4. The lowest BCUT2D eigenvalue weighted by atomic mass is 10.1. The molecule has 0 saturated heterocycles. The normalized spacial score (nSPS) is 11.5. The molecule has 2 heterocycles. The Labute approximate surface area is 463 Å². The number of hydrogen-bond donors (Lipinski definition) is 14. The molecular weight excluding hydrogens is 1100 g/mol. The van der Waals surface area contributed by atoms with Gasteiger partial charge in [-0.3, -0.25) is 14.0 Å². The van der Waals surface area contributed by atoms with E-state index in [-0.39, 0.29) is 144 Å². The summed E-state index contributed by atoms with van der Waals surface area (Å²) in [6.45, 7) is 5.55. The molecule has 0 aliphatic rings. The van der Waals surface area contributed by atoms with Crippen LogP contribution in [-0.2, 0) is 34.4 Å². The van der Waals surface area contributed by atoms with Gasteiger partial charge in [-0.15, -0.1) is 0 Å². The summed E-state index contributed by atoms with van der Waals surface area (Å²) in [6.07, 6.45) is 2.41. The van der Waals surface area contributed by atoms with Crippen LogP contribution in [0.3, 0.4) is 0 Å². The van der Waals surface area contributed by atoms with Gasteiger partial charge in [0.1, 0.15) is 9.79 Å². The van der Waals surface area contributed by atoms with Crippen LogP contribution in [0.4, 0.5) is 35.2 Å². The molecule has 452 valence electrons. The highest BCUT2D eigenvalue weighted by atomic mass is 32.2. The second-order valence-corrected chi connectivity index (χ2v) is 18.6. The molecule has 4 aromatic rings. The van der Waals surface area contributed by atoms with Crippen molar-refractivity contribution in [3.63, 3.8) is 0 Å². The maximum Gasteiger partial charge on any atom is 0.322 e. The number of hydrogen-bond acceptors (Lipinski definition) is 30.